The smallest absolute Gasteiger partial charge is 0.214 e. The van der Waals surface area contributed by atoms with Crippen LogP contribution in [0.3, 0.4) is 0 Å². The van der Waals surface area contributed by atoms with Crippen LogP contribution in [0.4, 0.5) is 0 Å². The van der Waals surface area contributed by atoms with Gasteiger partial charge in [-0.15, -0.1) is 0 Å². The Morgan fingerprint density at radius 3 is 2.39 bits per heavy atom. The van der Waals surface area contributed by atoms with Gasteiger partial charge in [0.2, 0.25) is 10.0 Å². The van der Waals surface area contributed by atoms with Gasteiger partial charge in [0.25, 0.3) is 0 Å². The van der Waals surface area contributed by atoms with Crippen molar-refractivity contribution in [3.8, 4) is 0 Å². The van der Waals surface area contributed by atoms with Gasteiger partial charge in [-0.2, -0.15) is 4.31 Å². The molecule has 0 atom stereocenters. The Kier molecular flexibility index (Phi) is 4.67. The van der Waals surface area contributed by atoms with E-state index in [-0.39, 0.29) is 0 Å². The van der Waals surface area contributed by atoms with Gasteiger partial charge in [-0.3, -0.25) is 0 Å². The highest BCUT2D eigenvalue weighted by atomic mass is 32.2. The van der Waals surface area contributed by atoms with Gasteiger partial charge in [0.15, 0.2) is 0 Å². The molecule has 2 fully saturated rings. The minimum Gasteiger partial charge on any atom is -0.314 e. The number of rotatable bonds is 9. The van der Waals surface area contributed by atoms with E-state index in [1.807, 2.05) is 0 Å². The second kappa shape index (κ2) is 5.88. The molecule has 0 aromatic carbocycles. The van der Waals surface area contributed by atoms with Gasteiger partial charge >= 0.3 is 0 Å². The summed E-state index contributed by atoms with van der Waals surface area (Å²) in [7, 11) is -3.04. The van der Waals surface area contributed by atoms with Crippen molar-refractivity contribution < 1.29 is 8.42 Å². The van der Waals surface area contributed by atoms with E-state index in [0.29, 0.717) is 30.3 Å². The normalized spacial score (nSPS) is 20.9. The van der Waals surface area contributed by atoms with Crippen molar-refractivity contribution in [2.45, 2.75) is 58.0 Å². The van der Waals surface area contributed by atoms with Crippen molar-refractivity contribution in [1.29, 1.82) is 0 Å². The molecular formula is C13H26N2O2S. The molecule has 0 amide bonds. The summed E-state index contributed by atoms with van der Waals surface area (Å²) >= 11 is 0. The topological polar surface area (TPSA) is 49.4 Å². The summed E-state index contributed by atoms with van der Waals surface area (Å²) in [5.41, 5.74) is 0. The largest absolute Gasteiger partial charge is 0.314 e. The van der Waals surface area contributed by atoms with Gasteiger partial charge in [-0.25, -0.2) is 8.42 Å². The van der Waals surface area contributed by atoms with E-state index in [1.54, 1.807) is 4.31 Å². The number of sulfonamides is 1. The van der Waals surface area contributed by atoms with Gasteiger partial charge in [-0.05, 0) is 44.6 Å². The van der Waals surface area contributed by atoms with E-state index >= 15 is 0 Å². The fourth-order valence-electron chi connectivity index (χ4n) is 2.18. The molecule has 0 heterocycles. The molecule has 1 N–H and O–H groups in total. The predicted molar refractivity (Wildman–Crippen MR) is 74.0 cm³/mol. The first-order valence-electron chi connectivity index (χ1n) is 7.22. The van der Waals surface area contributed by atoms with Crippen molar-refractivity contribution in [1.82, 2.24) is 9.62 Å². The third kappa shape index (κ3) is 4.52. The average molecular weight is 274 g/mol. The molecule has 0 radical (unpaired) electrons. The highest BCUT2D eigenvalue weighted by Crippen LogP contribution is 2.30. The molecule has 4 nitrogen and oxygen atoms in total. The van der Waals surface area contributed by atoms with Crippen LogP contribution in [0.25, 0.3) is 0 Å². The maximum Gasteiger partial charge on any atom is 0.214 e. The van der Waals surface area contributed by atoms with E-state index in [9.17, 15) is 8.42 Å². The lowest BCUT2D eigenvalue weighted by molar-refractivity contribution is 0.359. The van der Waals surface area contributed by atoms with Crippen molar-refractivity contribution in [3.05, 3.63) is 0 Å². The Labute approximate surface area is 111 Å². The number of nitrogens with zero attached hydrogens (tertiary/aromatic N) is 1. The van der Waals surface area contributed by atoms with E-state index in [0.717, 1.165) is 25.8 Å². The summed E-state index contributed by atoms with van der Waals surface area (Å²) < 4.78 is 26.4. The van der Waals surface area contributed by atoms with E-state index in [1.165, 1.54) is 12.8 Å². The van der Waals surface area contributed by atoms with Crippen LogP contribution < -0.4 is 5.32 Å². The van der Waals surface area contributed by atoms with E-state index in [4.69, 9.17) is 0 Å². The van der Waals surface area contributed by atoms with Gasteiger partial charge in [0.05, 0.1) is 5.75 Å². The highest BCUT2D eigenvalue weighted by molar-refractivity contribution is 7.89. The SMILES string of the molecule is CC(C)CN(C1CC1)S(=O)(=O)CCCNC1CC1. The first-order chi connectivity index (χ1) is 8.49. The maximum absolute atomic E-state index is 12.3. The first kappa shape index (κ1) is 14.3. The lowest BCUT2D eigenvalue weighted by atomic mass is 10.2. The van der Waals surface area contributed by atoms with Crippen molar-refractivity contribution in [2.75, 3.05) is 18.8 Å². The summed E-state index contributed by atoms with van der Waals surface area (Å²) in [5, 5.41) is 3.37. The van der Waals surface area contributed by atoms with Crippen LogP contribution in [0, 0.1) is 5.92 Å². The molecule has 2 saturated carbocycles. The second-order valence-corrected chi connectivity index (χ2v) is 8.13. The van der Waals surface area contributed by atoms with Crippen LogP contribution in [-0.2, 0) is 10.0 Å². The third-order valence-corrected chi connectivity index (χ3v) is 5.41. The van der Waals surface area contributed by atoms with Gasteiger partial charge in [0.1, 0.15) is 0 Å². The quantitative estimate of drug-likeness (QED) is 0.649. The zero-order chi connectivity index (χ0) is 13.2. The summed E-state index contributed by atoms with van der Waals surface area (Å²) in [6.07, 6.45) is 5.35. The van der Waals surface area contributed by atoms with Gasteiger partial charge < -0.3 is 5.32 Å². The Balaban J connectivity index is 1.77. The zero-order valence-corrected chi connectivity index (χ0v) is 12.4. The van der Waals surface area contributed by atoms with Crippen LogP contribution in [0.15, 0.2) is 0 Å². The molecule has 0 aliphatic heterocycles. The monoisotopic (exact) mass is 274 g/mol. The molecule has 2 rings (SSSR count). The summed E-state index contributed by atoms with van der Waals surface area (Å²) in [6.45, 7) is 5.69. The summed E-state index contributed by atoms with van der Waals surface area (Å²) in [4.78, 5) is 0. The number of hydrogen-bond acceptors (Lipinski definition) is 3. The standard InChI is InChI=1S/C13H26N2O2S/c1-11(2)10-15(13-6-7-13)18(16,17)9-3-8-14-12-4-5-12/h11-14H,3-10H2,1-2H3. The molecule has 0 bridgehead atoms. The van der Waals surface area contributed by atoms with Crippen molar-refractivity contribution in [2.24, 2.45) is 5.92 Å². The average Bonchev–Trinajstić information content (AvgIpc) is 3.14. The van der Waals surface area contributed by atoms with Gasteiger partial charge in [-0.1, -0.05) is 13.8 Å². The Bertz CT molecular complexity index is 359. The Morgan fingerprint density at radius 1 is 1.22 bits per heavy atom. The van der Waals surface area contributed by atoms with Crippen LogP contribution >= 0.6 is 0 Å². The maximum atomic E-state index is 12.3. The predicted octanol–water partition coefficient (Wildman–Crippen LogP) is 1.58. The highest BCUT2D eigenvalue weighted by Gasteiger charge is 2.36. The first-order valence-corrected chi connectivity index (χ1v) is 8.83. The van der Waals surface area contributed by atoms with Crippen LogP contribution in [0.5, 0.6) is 0 Å². The van der Waals surface area contributed by atoms with Gasteiger partial charge in [0, 0.05) is 18.6 Å². The second-order valence-electron chi connectivity index (χ2n) is 6.09. The molecule has 0 saturated heterocycles. The van der Waals surface area contributed by atoms with Crippen molar-refractivity contribution >= 4 is 10.0 Å². The lowest BCUT2D eigenvalue weighted by Crippen LogP contribution is -2.38. The Hall–Kier alpha value is -0.130. The van der Waals surface area contributed by atoms with E-state index < -0.39 is 10.0 Å². The minimum absolute atomic E-state index is 0.300. The molecule has 106 valence electrons. The number of hydrogen-bond donors (Lipinski definition) is 1. The fourth-order valence-corrected chi connectivity index (χ4v) is 4.11. The molecule has 2 aliphatic carbocycles. The molecule has 0 spiro atoms. The number of nitrogens with one attached hydrogen (secondary N) is 1. The summed E-state index contributed by atoms with van der Waals surface area (Å²) in [6, 6.07) is 0.969. The molecule has 0 aromatic heterocycles. The van der Waals surface area contributed by atoms with Crippen LogP contribution in [-0.4, -0.2) is 43.6 Å². The van der Waals surface area contributed by atoms with E-state index in [2.05, 4.69) is 19.2 Å². The third-order valence-electron chi connectivity index (χ3n) is 3.45. The van der Waals surface area contributed by atoms with Crippen molar-refractivity contribution in [3.63, 3.8) is 0 Å². The van der Waals surface area contributed by atoms with Crippen LogP contribution in [0.2, 0.25) is 0 Å². The molecule has 0 aromatic rings. The zero-order valence-electron chi connectivity index (χ0n) is 11.6. The molecule has 0 unspecified atom stereocenters. The Morgan fingerprint density at radius 2 is 1.89 bits per heavy atom. The summed E-state index contributed by atoms with van der Waals surface area (Å²) in [5.74, 6) is 0.709. The molecular weight excluding hydrogens is 248 g/mol. The molecule has 18 heavy (non-hydrogen) atoms. The molecule has 2 aliphatic rings. The lowest BCUT2D eigenvalue weighted by Gasteiger charge is -2.23. The molecule has 5 heteroatoms. The minimum atomic E-state index is -3.04. The van der Waals surface area contributed by atoms with Crippen LogP contribution in [0.1, 0.15) is 46.0 Å². The fraction of sp³-hybridized carbons (Fsp3) is 1.00.